The van der Waals surface area contributed by atoms with Crippen LogP contribution in [0.5, 0.6) is 5.75 Å². The Morgan fingerprint density at radius 3 is 2.32 bits per heavy atom. The molecule has 0 amide bonds. The van der Waals surface area contributed by atoms with Crippen LogP contribution < -0.4 is 4.74 Å². The molecular formula is C42H29NO. The average Bonchev–Trinajstić information content (AvgIpc) is 3.41. The van der Waals surface area contributed by atoms with Crippen LogP contribution >= 0.6 is 0 Å². The lowest BCUT2D eigenvalue weighted by Gasteiger charge is -2.45. The van der Waals surface area contributed by atoms with Crippen molar-refractivity contribution in [3.05, 3.63) is 180 Å². The Hall–Kier alpha value is -5.60. The number of aromatic nitrogens is 1. The molecule has 44 heavy (non-hydrogen) atoms. The average molecular weight is 564 g/mol. The van der Waals surface area contributed by atoms with Gasteiger partial charge in [-0.25, -0.2) is 0 Å². The standard InChI is InChI=1S/C42H29NO/c1-3-4-18-34-27(2)44-41-31(30-25-24-28-13-5-6-14-29(28)26-30)16-11-21-37(41)42(34)35-19-8-10-23-39(35)43-38-22-9-7-15-32(38)33-17-12-20-36(42)40(33)43/h3-26H,1H2,2H3/b18-4-. The zero-order valence-corrected chi connectivity index (χ0v) is 24.4. The molecule has 208 valence electrons. The van der Waals surface area contributed by atoms with E-state index in [1.54, 1.807) is 0 Å². The molecule has 1 atom stereocenters. The van der Waals surface area contributed by atoms with E-state index in [9.17, 15) is 0 Å². The number of nitrogens with zero attached hydrogens (tertiary/aromatic N) is 1. The normalized spacial score (nSPS) is 16.9. The molecule has 9 rings (SSSR count). The summed E-state index contributed by atoms with van der Waals surface area (Å²) in [7, 11) is 0. The van der Waals surface area contributed by atoms with Crippen LogP contribution in [0.15, 0.2) is 164 Å². The summed E-state index contributed by atoms with van der Waals surface area (Å²) in [5.74, 6) is 1.80. The fraction of sp³-hybridized carbons (Fsp3) is 0.0476. The third-order valence-electron chi connectivity index (χ3n) is 9.56. The molecule has 0 saturated carbocycles. The number of allylic oxidation sites excluding steroid dienone is 5. The van der Waals surface area contributed by atoms with Gasteiger partial charge in [0.15, 0.2) is 0 Å². The van der Waals surface area contributed by atoms with Crippen LogP contribution in [0.1, 0.15) is 23.6 Å². The van der Waals surface area contributed by atoms with Crippen LogP contribution in [0.25, 0.3) is 49.4 Å². The Morgan fingerprint density at radius 1 is 0.682 bits per heavy atom. The second-order valence-electron chi connectivity index (χ2n) is 11.7. The third kappa shape index (κ3) is 3.15. The highest BCUT2D eigenvalue weighted by molar-refractivity contribution is 6.12. The van der Waals surface area contributed by atoms with Gasteiger partial charge in [0.05, 0.1) is 22.1 Å². The van der Waals surface area contributed by atoms with Crippen molar-refractivity contribution in [1.82, 2.24) is 4.57 Å². The molecule has 2 heteroatoms. The predicted octanol–water partition coefficient (Wildman–Crippen LogP) is 10.7. The highest BCUT2D eigenvalue weighted by Crippen LogP contribution is 2.60. The summed E-state index contributed by atoms with van der Waals surface area (Å²) in [5, 5.41) is 4.96. The first kappa shape index (κ1) is 24.9. The van der Waals surface area contributed by atoms with Gasteiger partial charge in [0.1, 0.15) is 11.5 Å². The smallest absolute Gasteiger partial charge is 0.139 e. The van der Waals surface area contributed by atoms with Gasteiger partial charge in [0.25, 0.3) is 0 Å². The molecule has 2 aliphatic heterocycles. The van der Waals surface area contributed by atoms with E-state index in [0.717, 1.165) is 33.8 Å². The summed E-state index contributed by atoms with van der Waals surface area (Å²) in [4.78, 5) is 0. The number of hydrogen-bond donors (Lipinski definition) is 0. The van der Waals surface area contributed by atoms with Crippen molar-refractivity contribution in [2.45, 2.75) is 12.3 Å². The second-order valence-corrected chi connectivity index (χ2v) is 11.7. The van der Waals surface area contributed by atoms with Gasteiger partial charge in [-0.05, 0) is 52.6 Å². The maximum absolute atomic E-state index is 6.91. The van der Waals surface area contributed by atoms with E-state index in [-0.39, 0.29) is 0 Å². The highest BCUT2D eigenvalue weighted by Gasteiger charge is 2.50. The number of hydrogen-bond acceptors (Lipinski definition) is 1. The zero-order chi connectivity index (χ0) is 29.4. The molecule has 1 unspecified atom stereocenters. The first-order valence-electron chi connectivity index (χ1n) is 15.2. The lowest BCUT2D eigenvalue weighted by molar-refractivity contribution is 0.387. The Kier molecular flexibility index (Phi) is 5.22. The summed E-state index contributed by atoms with van der Waals surface area (Å²) in [5.41, 5.74) is 10.1. The van der Waals surface area contributed by atoms with E-state index in [4.69, 9.17) is 4.74 Å². The molecule has 0 saturated heterocycles. The summed E-state index contributed by atoms with van der Waals surface area (Å²) >= 11 is 0. The molecule has 0 bridgehead atoms. The van der Waals surface area contributed by atoms with Crippen LogP contribution in [0.2, 0.25) is 0 Å². The zero-order valence-electron chi connectivity index (χ0n) is 24.4. The highest BCUT2D eigenvalue weighted by atomic mass is 16.5. The van der Waals surface area contributed by atoms with Crippen molar-refractivity contribution in [3.8, 4) is 22.6 Å². The molecule has 0 fully saturated rings. The molecule has 1 aromatic heterocycles. The number of para-hydroxylation sites is 4. The molecule has 2 aliphatic rings. The van der Waals surface area contributed by atoms with Gasteiger partial charge in [-0.3, -0.25) is 0 Å². The fourth-order valence-electron chi connectivity index (χ4n) is 7.83. The summed E-state index contributed by atoms with van der Waals surface area (Å²) in [6.07, 6.45) is 6.08. The summed E-state index contributed by atoms with van der Waals surface area (Å²) in [6, 6.07) is 46.3. The van der Waals surface area contributed by atoms with Gasteiger partial charge in [-0.2, -0.15) is 0 Å². The van der Waals surface area contributed by atoms with Gasteiger partial charge < -0.3 is 9.30 Å². The van der Waals surface area contributed by atoms with E-state index in [1.807, 2.05) is 12.2 Å². The topological polar surface area (TPSA) is 14.2 Å². The molecule has 0 N–H and O–H groups in total. The molecular weight excluding hydrogens is 534 g/mol. The van der Waals surface area contributed by atoms with E-state index in [0.29, 0.717) is 0 Å². The molecule has 6 aromatic carbocycles. The van der Waals surface area contributed by atoms with Crippen molar-refractivity contribution in [3.63, 3.8) is 0 Å². The van der Waals surface area contributed by atoms with E-state index < -0.39 is 5.41 Å². The van der Waals surface area contributed by atoms with E-state index in [1.165, 1.54) is 49.4 Å². The van der Waals surface area contributed by atoms with Crippen LogP contribution in [0.3, 0.4) is 0 Å². The van der Waals surface area contributed by atoms with E-state index in [2.05, 4.69) is 152 Å². The Bertz CT molecular complexity index is 2400. The minimum Gasteiger partial charge on any atom is -0.461 e. The van der Waals surface area contributed by atoms with Gasteiger partial charge in [0.2, 0.25) is 0 Å². The maximum Gasteiger partial charge on any atom is 0.139 e. The van der Waals surface area contributed by atoms with Gasteiger partial charge in [-0.1, -0.05) is 134 Å². The molecule has 7 aromatic rings. The largest absolute Gasteiger partial charge is 0.461 e. The third-order valence-corrected chi connectivity index (χ3v) is 9.56. The Morgan fingerprint density at radius 2 is 1.41 bits per heavy atom. The molecule has 1 spiro atoms. The SMILES string of the molecule is C=C/C=C\C1=C(C)Oc2c(-c3ccc4ccccc4c3)cccc2C12c1ccccc1-n1c3ccccc3c3cccc2c31. The Balaban J connectivity index is 1.46. The first-order chi connectivity index (χ1) is 21.7. The van der Waals surface area contributed by atoms with Crippen LogP contribution in [-0.4, -0.2) is 4.57 Å². The monoisotopic (exact) mass is 563 g/mol. The Labute approximate surface area is 256 Å². The first-order valence-corrected chi connectivity index (χ1v) is 15.2. The molecule has 0 aliphatic carbocycles. The number of benzene rings is 6. The van der Waals surface area contributed by atoms with E-state index >= 15 is 0 Å². The number of fused-ring (bicyclic) bond motifs is 10. The lowest BCUT2D eigenvalue weighted by atomic mass is 9.61. The predicted molar refractivity (Wildman–Crippen MR) is 183 cm³/mol. The minimum absolute atomic E-state index is 0.607. The van der Waals surface area contributed by atoms with Crippen molar-refractivity contribution in [2.75, 3.05) is 0 Å². The van der Waals surface area contributed by atoms with Gasteiger partial charge in [0, 0.05) is 27.5 Å². The quantitative estimate of drug-likeness (QED) is 0.195. The maximum atomic E-state index is 6.91. The molecule has 0 radical (unpaired) electrons. The van der Waals surface area contributed by atoms with Gasteiger partial charge in [-0.15, -0.1) is 0 Å². The molecule has 3 heterocycles. The van der Waals surface area contributed by atoms with Crippen molar-refractivity contribution >= 4 is 32.6 Å². The summed E-state index contributed by atoms with van der Waals surface area (Å²) < 4.78 is 9.38. The van der Waals surface area contributed by atoms with Crippen LogP contribution in [0, 0.1) is 0 Å². The lowest BCUT2D eigenvalue weighted by Crippen LogP contribution is -2.39. The number of rotatable bonds is 3. The fourth-order valence-corrected chi connectivity index (χ4v) is 7.83. The van der Waals surface area contributed by atoms with Crippen molar-refractivity contribution in [2.24, 2.45) is 0 Å². The van der Waals surface area contributed by atoms with Crippen LogP contribution in [-0.2, 0) is 5.41 Å². The number of ether oxygens (including phenoxy) is 1. The molecule has 2 nitrogen and oxygen atoms in total. The van der Waals surface area contributed by atoms with Crippen molar-refractivity contribution < 1.29 is 4.74 Å². The van der Waals surface area contributed by atoms with Crippen molar-refractivity contribution in [1.29, 1.82) is 0 Å². The second kappa shape index (κ2) is 9.20. The van der Waals surface area contributed by atoms with Gasteiger partial charge >= 0.3 is 0 Å². The minimum atomic E-state index is -0.607. The summed E-state index contributed by atoms with van der Waals surface area (Å²) in [6.45, 7) is 6.13. The van der Waals surface area contributed by atoms with Crippen LogP contribution in [0.4, 0.5) is 0 Å².